The van der Waals surface area contributed by atoms with E-state index in [1.807, 2.05) is 49.1 Å². The molecule has 0 saturated carbocycles. The number of hydrogen-bond acceptors (Lipinski definition) is 4. The second kappa shape index (κ2) is 6.99. The molecule has 1 aromatic carbocycles. The molecule has 1 aliphatic rings. The first kappa shape index (κ1) is 16.4. The molecule has 1 saturated heterocycles. The molecule has 0 unspecified atom stereocenters. The molecular formula is C19H24N4O. The normalized spacial score (nSPS) is 15.4. The van der Waals surface area contributed by atoms with Crippen molar-refractivity contribution in [2.75, 3.05) is 25.0 Å². The number of nitrogens with zero attached hydrogens (tertiary/aromatic N) is 4. The lowest BCUT2D eigenvalue weighted by atomic mass is 10.0. The monoisotopic (exact) mass is 324 g/mol. The van der Waals surface area contributed by atoms with Crippen molar-refractivity contribution in [3.05, 3.63) is 53.5 Å². The number of anilines is 1. The lowest BCUT2D eigenvalue weighted by molar-refractivity contribution is 0.0713. The Kier molecular flexibility index (Phi) is 4.79. The predicted octanol–water partition coefficient (Wildman–Crippen LogP) is 2.83. The summed E-state index contributed by atoms with van der Waals surface area (Å²) >= 11 is 0. The summed E-state index contributed by atoms with van der Waals surface area (Å²) in [7, 11) is 2.07. The SMILES string of the molecule is Cc1ccc(C(=O)N2CCC(N(C)c3cc(C)ncn3)CC2)cc1. The number of piperidine rings is 1. The maximum atomic E-state index is 12.6. The predicted molar refractivity (Wildman–Crippen MR) is 95.3 cm³/mol. The van der Waals surface area contributed by atoms with Crippen LogP contribution in [0.15, 0.2) is 36.7 Å². The van der Waals surface area contributed by atoms with E-state index in [9.17, 15) is 4.79 Å². The second-order valence-corrected chi connectivity index (χ2v) is 6.52. The van der Waals surface area contributed by atoms with Crippen LogP contribution in [0.2, 0.25) is 0 Å². The highest BCUT2D eigenvalue weighted by atomic mass is 16.2. The van der Waals surface area contributed by atoms with Gasteiger partial charge in [0.05, 0.1) is 0 Å². The molecule has 3 rings (SSSR count). The van der Waals surface area contributed by atoms with Gasteiger partial charge in [0.1, 0.15) is 12.1 Å². The van der Waals surface area contributed by atoms with Gasteiger partial charge < -0.3 is 9.80 Å². The Morgan fingerprint density at radius 1 is 1.12 bits per heavy atom. The van der Waals surface area contributed by atoms with Crippen LogP contribution in [0.1, 0.15) is 34.5 Å². The number of rotatable bonds is 3. The molecular weight excluding hydrogens is 300 g/mol. The van der Waals surface area contributed by atoms with Gasteiger partial charge in [0.15, 0.2) is 0 Å². The van der Waals surface area contributed by atoms with E-state index in [-0.39, 0.29) is 5.91 Å². The molecule has 0 bridgehead atoms. The Labute approximate surface area is 143 Å². The van der Waals surface area contributed by atoms with E-state index < -0.39 is 0 Å². The highest BCUT2D eigenvalue weighted by Gasteiger charge is 2.26. The van der Waals surface area contributed by atoms with E-state index in [4.69, 9.17) is 0 Å². The van der Waals surface area contributed by atoms with Gasteiger partial charge in [-0.2, -0.15) is 0 Å². The summed E-state index contributed by atoms with van der Waals surface area (Å²) in [6.45, 7) is 5.57. The van der Waals surface area contributed by atoms with E-state index >= 15 is 0 Å². The minimum atomic E-state index is 0.133. The first-order valence-corrected chi connectivity index (χ1v) is 8.42. The molecule has 0 radical (unpaired) electrons. The summed E-state index contributed by atoms with van der Waals surface area (Å²) in [5.41, 5.74) is 2.92. The molecule has 0 aliphatic carbocycles. The molecule has 2 heterocycles. The zero-order valence-electron chi connectivity index (χ0n) is 14.6. The lowest BCUT2D eigenvalue weighted by Crippen LogP contribution is -2.45. The van der Waals surface area contributed by atoms with Crippen LogP contribution in [0.3, 0.4) is 0 Å². The highest BCUT2D eigenvalue weighted by Crippen LogP contribution is 2.21. The van der Waals surface area contributed by atoms with Crippen molar-refractivity contribution in [3.63, 3.8) is 0 Å². The Morgan fingerprint density at radius 3 is 2.42 bits per heavy atom. The molecule has 1 aliphatic heterocycles. The quantitative estimate of drug-likeness (QED) is 0.871. The van der Waals surface area contributed by atoms with Crippen LogP contribution >= 0.6 is 0 Å². The van der Waals surface area contributed by atoms with Gasteiger partial charge in [-0.1, -0.05) is 17.7 Å². The zero-order chi connectivity index (χ0) is 17.1. The fraction of sp³-hybridized carbons (Fsp3) is 0.421. The number of hydrogen-bond donors (Lipinski definition) is 0. The minimum Gasteiger partial charge on any atom is -0.356 e. The first-order chi connectivity index (χ1) is 11.5. The number of aromatic nitrogens is 2. The van der Waals surface area contributed by atoms with Crippen LogP contribution in [0, 0.1) is 13.8 Å². The van der Waals surface area contributed by atoms with Crippen molar-refractivity contribution in [1.29, 1.82) is 0 Å². The van der Waals surface area contributed by atoms with Gasteiger partial charge in [0.2, 0.25) is 0 Å². The van der Waals surface area contributed by atoms with Crippen LogP contribution in [-0.4, -0.2) is 47.0 Å². The number of carbonyl (C=O) groups is 1. The number of amides is 1. The highest BCUT2D eigenvalue weighted by molar-refractivity contribution is 5.94. The molecule has 0 atom stereocenters. The molecule has 1 amide bonds. The van der Waals surface area contributed by atoms with Gasteiger partial charge in [-0.15, -0.1) is 0 Å². The summed E-state index contributed by atoms with van der Waals surface area (Å²) < 4.78 is 0. The Bertz CT molecular complexity index is 706. The summed E-state index contributed by atoms with van der Waals surface area (Å²) in [5.74, 6) is 1.08. The first-order valence-electron chi connectivity index (χ1n) is 8.42. The van der Waals surface area contributed by atoms with Crippen molar-refractivity contribution < 1.29 is 4.79 Å². The number of likely N-dealkylation sites (tertiary alicyclic amines) is 1. The molecule has 2 aromatic rings. The summed E-state index contributed by atoms with van der Waals surface area (Å²) in [6.07, 6.45) is 3.52. The van der Waals surface area contributed by atoms with Gasteiger partial charge in [0, 0.05) is 43.5 Å². The van der Waals surface area contributed by atoms with Crippen molar-refractivity contribution >= 4 is 11.7 Å². The second-order valence-electron chi connectivity index (χ2n) is 6.52. The summed E-state index contributed by atoms with van der Waals surface area (Å²) in [4.78, 5) is 25.3. The summed E-state index contributed by atoms with van der Waals surface area (Å²) in [5, 5.41) is 0. The lowest BCUT2D eigenvalue weighted by Gasteiger charge is -2.37. The van der Waals surface area contributed by atoms with Crippen LogP contribution in [0.5, 0.6) is 0 Å². The maximum absolute atomic E-state index is 12.6. The van der Waals surface area contributed by atoms with Crippen LogP contribution in [-0.2, 0) is 0 Å². The summed E-state index contributed by atoms with van der Waals surface area (Å²) in [6, 6.07) is 10.2. The van der Waals surface area contributed by atoms with Crippen LogP contribution in [0.4, 0.5) is 5.82 Å². The third kappa shape index (κ3) is 3.55. The average molecular weight is 324 g/mol. The van der Waals surface area contributed by atoms with E-state index in [0.717, 1.165) is 43.0 Å². The molecule has 24 heavy (non-hydrogen) atoms. The minimum absolute atomic E-state index is 0.133. The van der Waals surface area contributed by atoms with Crippen molar-refractivity contribution in [1.82, 2.24) is 14.9 Å². The van der Waals surface area contributed by atoms with Gasteiger partial charge in [-0.25, -0.2) is 9.97 Å². The fourth-order valence-corrected chi connectivity index (χ4v) is 3.16. The van der Waals surface area contributed by atoms with E-state index in [0.29, 0.717) is 6.04 Å². The van der Waals surface area contributed by atoms with E-state index in [1.165, 1.54) is 5.56 Å². The molecule has 5 heteroatoms. The molecule has 1 fully saturated rings. The number of carbonyl (C=O) groups excluding carboxylic acids is 1. The number of benzene rings is 1. The van der Waals surface area contributed by atoms with Crippen molar-refractivity contribution in [2.24, 2.45) is 0 Å². The van der Waals surface area contributed by atoms with E-state index in [2.05, 4.69) is 21.9 Å². The molecule has 0 N–H and O–H groups in total. The molecule has 0 spiro atoms. The molecule has 5 nitrogen and oxygen atoms in total. The smallest absolute Gasteiger partial charge is 0.253 e. The van der Waals surface area contributed by atoms with Crippen molar-refractivity contribution in [3.8, 4) is 0 Å². The molecule has 1 aromatic heterocycles. The van der Waals surface area contributed by atoms with Gasteiger partial charge >= 0.3 is 0 Å². The topological polar surface area (TPSA) is 49.3 Å². The van der Waals surface area contributed by atoms with Gasteiger partial charge in [-0.05, 0) is 38.8 Å². The van der Waals surface area contributed by atoms with Crippen molar-refractivity contribution in [2.45, 2.75) is 32.7 Å². The fourth-order valence-electron chi connectivity index (χ4n) is 3.16. The maximum Gasteiger partial charge on any atom is 0.253 e. The Hall–Kier alpha value is -2.43. The third-order valence-corrected chi connectivity index (χ3v) is 4.75. The zero-order valence-corrected chi connectivity index (χ0v) is 14.6. The van der Waals surface area contributed by atoms with Gasteiger partial charge in [-0.3, -0.25) is 4.79 Å². The van der Waals surface area contributed by atoms with Crippen LogP contribution < -0.4 is 4.90 Å². The third-order valence-electron chi connectivity index (χ3n) is 4.75. The van der Waals surface area contributed by atoms with E-state index in [1.54, 1.807) is 6.33 Å². The van der Waals surface area contributed by atoms with Crippen LogP contribution in [0.25, 0.3) is 0 Å². The largest absolute Gasteiger partial charge is 0.356 e. The number of aryl methyl sites for hydroxylation is 2. The average Bonchev–Trinajstić information content (AvgIpc) is 2.61. The standard InChI is InChI=1S/C19H24N4O/c1-14-4-6-16(7-5-14)19(24)23-10-8-17(9-11-23)22(3)18-12-15(2)20-13-21-18/h4-7,12-13,17H,8-11H2,1-3H3. The Balaban J connectivity index is 1.61. The Morgan fingerprint density at radius 2 is 1.79 bits per heavy atom. The van der Waals surface area contributed by atoms with Gasteiger partial charge in [0.25, 0.3) is 5.91 Å². The molecule has 126 valence electrons.